The van der Waals surface area contributed by atoms with E-state index in [-0.39, 0.29) is 0 Å². The Balaban J connectivity index is 0.000000461. The third-order valence-corrected chi connectivity index (χ3v) is 1.04. The van der Waals surface area contributed by atoms with Gasteiger partial charge in [-0.2, -0.15) is 0 Å². The largest absolute Gasteiger partial charge is 0.372 e. The Morgan fingerprint density at radius 3 is 2.18 bits per heavy atom. The highest BCUT2D eigenvalue weighted by Gasteiger charge is 1.86. The van der Waals surface area contributed by atoms with Gasteiger partial charge in [-0.05, 0) is 6.92 Å². The van der Waals surface area contributed by atoms with Crippen LogP contribution in [-0.4, -0.2) is 17.0 Å². The monoisotopic (exact) mass is 153 g/mol. The summed E-state index contributed by atoms with van der Waals surface area (Å²) in [5, 5.41) is 2.88. The summed E-state index contributed by atoms with van der Waals surface area (Å²) >= 11 is 0. The molecule has 0 amide bonds. The molecule has 0 aliphatic heterocycles. The van der Waals surface area contributed by atoms with Crippen molar-refractivity contribution in [2.75, 3.05) is 12.4 Å². The van der Waals surface area contributed by atoms with Crippen LogP contribution in [0.5, 0.6) is 0 Å². The fraction of sp³-hybridized carbons (Fsp3) is 0.500. The van der Waals surface area contributed by atoms with Gasteiger partial charge in [0.05, 0.1) is 18.1 Å². The van der Waals surface area contributed by atoms with E-state index in [1.54, 1.807) is 12.4 Å². The number of hydrogen-bond donors (Lipinski definition) is 1. The molecule has 0 saturated carbocycles. The summed E-state index contributed by atoms with van der Waals surface area (Å²) < 4.78 is 0. The lowest BCUT2D eigenvalue weighted by Gasteiger charge is -1.95. The van der Waals surface area contributed by atoms with Gasteiger partial charge in [-0.3, -0.25) is 4.98 Å². The topological polar surface area (TPSA) is 37.8 Å². The van der Waals surface area contributed by atoms with Crippen molar-refractivity contribution in [2.45, 2.75) is 20.8 Å². The molecule has 0 atom stereocenters. The second kappa shape index (κ2) is 5.65. The van der Waals surface area contributed by atoms with Gasteiger partial charge in [0.25, 0.3) is 0 Å². The predicted octanol–water partition coefficient (Wildman–Crippen LogP) is 1.85. The first kappa shape index (κ1) is 9.88. The minimum atomic E-state index is 0.806. The van der Waals surface area contributed by atoms with Crippen LogP contribution >= 0.6 is 0 Å². The molecule has 11 heavy (non-hydrogen) atoms. The van der Waals surface area contributed by atoms with Crippen LogP contribution < -0.4 is 5.32 Å². The Bertz CT molecular complexity index is 181. The molecular formula is C8H15N3. The van der Waals surface area contributed by atoms with E-state index in [4.69, 9.17) is 0 Å². The summed E-state index contributed by atoms with van der Waals surface area (Å²) in [7, 11) is 1.82. The van der Waals surface area contributed by atoms with Gasteiger partial charge in [0.1, 0.15) is 5.82 Å². The summed E-state index contributed by atoms with van der Waals surface area (Å²) in [6.07, 6.45) is 3.43. The van der Waals surface area contributed by atoms with Crippen molar-refractivity contribution in [3.8, 4) is 0 Å². The smallest absolute Gasteiger partial charge is 0.144 e. The molecule has 1 aromatic rings. The molecule has 0 spiro atoms. The van der Waals surface area contributed by atoms with Gasteiger partial charge in [0.2, 0.25) is 0 Å². The maximum atomic E-state index is 4.02. The second-order valence-corrected chi connectivity index (χ2v) is 1.79. The lowest BCUT2D eigenvalue weighted by molar-refractivity contribution is 1.11. The summed E-state index contributed by atoms with van der Waals surface area (Å²) in [6.45, 7) is 5.91. The highest BCUT2D eigenvalue weighted by molar-refractivity contribution is 5.29. The Morgan fingerprint density at radius 2 is 1.82 bits per heavy atom. The maximum Gasteiger partial charge on any atom is 0.144 e. The van der Waals surface area contributed by atoms with E-state index in [9.17, 15) is 0 Å². The first-order valence-electron chi connectivity index (χ1n) is 3.79. The average molecular weight is 153 g/mol. The summed E-state index contributed by atoms with van der Waals surface area (Å²) in [4.78, 5) is 8.05. The van der Waals surface area contributed by atoms with Crippen LogP contribution in [0.4, 0.5) is 5.82 Å². The molecule has 0 saturated heterocycles. The van der Waals surface area contributed by atoms with Crippen molar-refractivity contribution in [2.24, 2.45) is 0 Å². The molecule has 0 aliphatic carbocycles. The van der Waals surface area contributed by atoms with E-state index < -0.39 is 0 Å². The minimum Gasteiger partial charge on any atom is -0.372 e. The van der Waals surface area contributed by atoms with Gasteiger partial charge >= 0.3 is 0 Å². The standard InChI is InChI=1S/C6H9N3.C2H6/c1-5-3-9-6(7-2)4-8-5;1-2/h3-4H,1-2H3,(H,7,9);1-2H3. The number of anilines is 1. The van der Waals surface area contributed by atoms with Gasteiger partial charge in [-0.25, -0.2) is 4.98 Å². The van der Waals surface area contributed by atoms with Crippen molar-refractivity contribution < 1.29 is 0 Å². The fourth-order valence-corrected chi connectivity index (χ4v) is 0.522. The second-order valence-electron chi connectivity index (χ2n) is 1.79. The van der Waals surface area contributed by atoms with Crippen molar-refractivity contribution in [1.82, 2.24) is 9.97 Å². The molecule has 1 rings (SSSR count). The molecule has 0 fully saturated rings. The van der Waals surface area contributed by atoms with E-state index in [0.717, 1.165) is 11.5 Å². The molecular weight excluding hydrogens is 138 g/mol. The van der Waals surface area contributed by atoms with E-state index in [2.05, 4.69) is 15.3 Å². The third-order valence-electron chi connectivity index (χ3n) is 1.04. The molecule has 1 N–H and O–H groups in total. The Labute approximate surface area is 67.9 Å². The lowest BCUT2D eigenvalue weighted by atomic mass is 10.5. The van der Waals surface area contributed by atoms with Crippen molar-refractivity contribution in [1.29, 1.82) is 0 Å². The molecule has 62 valence electrons. The van der Waals surface area contributed by atoms with Crippen LogP contribution in [0.2, 0.25) is 0 Å². The molecule has 1 heterocycles. The number of nitrogens with zero attached hydrogens (tertiary/aromatic N) is 2. The summed E-state index contributed by atoms with van der Waals surface area (Å²) in [5.74, 6) is 0.806. The van der Waals surface area contributed by atoms with Crippen molar-refractivity contribution >= 4 is 5.82 Å². The number of hydrogen-bond acceptors (Lipinski definition) is 3. The van der Waals surface area contributed by atoms with E-state index in [1.807, 2.05) is 27.8 Å². The summed E-state index contributed by atoms with van der Waals surface area (Å²) in [5.41, 5.74) is 0.939. The van der Waals surface area contributed by atoms with Gasteiger partial charge in [0, 0.05) is 7.05 Å². The molecule has 3 nitrogen and oxygen atoms in total. The summed E-state index contributed by atoms with van der Waals surface area (Å²) in [6, 6.07) is 0. The third kappa shape index (κ3) is 3.55. The zero-order valence-electron chi connectivity index (χ0n) is 7.55. The van der Waals surface area contributed by atoms with E-state index >= 15 is 0 Å². The zero-order valence-corrected chi connectivity index (χ0v) is 7.55. The van der Waals surface area contributed by atoms with Crippen LogP contribution in [0.25, 0.3) is 0 Å². The molecule has 0 bridgehead atoms. The minimum absolute atomic E-state index is 0.806. The lowest BCUT2D eigenvalue weighted by Crippen LogP contribution is -1.92. The highest BCUT2D eigenvalue weighted by atomic mass is 15.0. The predicted molar refractivity (Wildman–Crippen MR) is 47.7 cm³/mol. The molecule has 0 unspecified atom stereocenters. The fourth-order valence-electron chi connectivity index (χ4n) is 0.522. The Morgan fingerprint density at radius 1 is 1.18 bits per heavy atom. The average Bonchev–Trinajstić information content (AvgIpc) is 2.10. The number of rotatable bonds is 1. The molecule has 0 radical (unpaired) electrons. The highest BCUT2D eigenvalue weighted by Crippen LogP contribution is 1.96. The van der Waals surface area contributed by atoms with Crippen molar-refractivity contribution in [3.63, 3.8) is 0 Å². The van der Waals surface area contributed by atoms with Crippen LogP contribution in [0, 0.1) is 6.92 Å². The van der Waals surface area contributed by atoms with Gasteiger partial charge in [-0.1, -0.05) is 13.8 Å². The van der Waals surface area contributed by atoms with Crippen LogP contribution in [0.1, 0.15) is 19.5 Å². The van der Waals surface area contributed by atoms with E-state index in [1.165, 1.54) is 0 Å². The number of aromatic nitrogens is 2. The first-order chi connectivity index (χ1) is 5.33. The molecule has 0 aliphatic rings. The van der Waals surface area contributed by atoms with Crippen LogP contribution in [0.15, 0.2) is 12.4 Å². The first-order valence-corrected chi connectivity index (χ1v) is 3.79. The molecule has 0 aromatic carbocycles. The van der Waals surface area contributed by atoms with Gasteiger partial charge in [-0.15, -0.1) is 0 Å². The van der Waals surface area contributed by atoms with Crippen molar-refractivity contribution in [3.05, 3.63) is 18.1 Å². The quantitative estimate of drug-likeness (QED) is 0.669. The SMILES string of the molecule is CC.CNc1cnc(C)cn1. The van der Waals surface area contributed by atoms with E-state index in [0.29, 0.717) is 0 Å². The Kier molecular flexibility index (Phi) is 5.07. The number of aryl methyl sites for hydroxylation is 1. The van der Waals surface area contributed by atoms with Gasteiger partial charge in [0.15, 0.2) is 0 Å². The molecule has 3 heteroatoms. The molecule has 1 aromatic heterocycles. The Hall–Kier alpha value is -1.12. The maximum absolute atomic E-state index is 4.02. The zero-order chi connectivity index (χ0) is 8.69. The van der Waals surface area contributed by atoms with Crippen LogP contribution in [0.3, 0.4) is 0 Å². The normalized spacial score (nSPS) is 8.00. The number of nitrogens with one attached hydrogen (secondary N) is 1. The van der Waals surface area contributed by atoms with Crippen LogP contribution in [-0.2, 0) is 0 Å². The van der Waals surface area contributed by atoms with Gasteiger partial charge < -0.3 is 5.32 Å².